The van der Waals surface area contributed by atoms with E-state index in [9.17, 15) is 13.2 Å². The van der Waals surface area contributed by atoms with Crippen LogP contribution in [0.1, 0.15) is 5.56 Å². The first-order valence-corrected chi connectivity index (χ1v) is 10.9. The Morgan fingerprint density at radius 3 is 2.62 bits per heavy atom. The van der Waals surface area contributed by atoms with Gasteiger partial charge in [0.1, 0.15) is 0 Å². The van der Waals surface area contributed by atoms with E-state index in [1.807, 2.05) is 0 Å². The van der Waals surface area contributed by atoms with E-state index in [1.54, 1.807) is 36.0 Å². The van der Waals surface area contributed by atoms with E-state index in [0.29, 0.717) is 23.1 Å². The van der Waals surface area contributed by atoms with Gasteiger partial charge in [-0.05, 0) is 23.8 Å². The molecule has 0 unspecified atom stereocenters. The van der Waals surface area contributed by atoms with Crippen molar-refractivity contribution in [2.45, 2.75) is 0 Å². The molecule has 0 spiro atoms. The molecule has 1 amide bonds. The molecule has 0 saturated carbocycles. The monoisotopic (exact) mass is 408 g/mol. The van der Waals surface area contributed by atoms with Gasteiger partial charge < -0.3 is 5.32 Å². The number of rotatable bonds is 6. The largest absolute Gasteiger partial charge is 0.351 e. The molecule has 0 aromatic heterocycles. The van der Waals surface area contributed by atoms with Crippen molar-refractivity contribution in [1.82, 2.24) is 9.62 Å². The maximum absolute atomic E-state index is 12.1. The van der Waals surface area contributed by atoms with Crippen molar-refractivity contribution in [3.05, 3.63) is 39.9 Å². The van der Waals surface area contributed by atoms with Crippen molar-refractivity contribution in [3.63, 3.8) is 0 Å². The van der Waals surface area contributed by atoms with Crippen LogP contribution in [0.4, 0.5) is 0 Å². The van der Waals surface area contributed by atoms with E-state index in [2.05, 4.69) is 5.32 Å². The zero-order chi connectivity index (χ0) is 17.6. The van der Waals surface area contributed by atoms with Crippen LogP contribution in [0.2, 0.25) is 10.0 Å². The van der Waals surface area contributed by atoms with E-state index in [1.165, 1.54) is 10.4 Å². The summed E-state index contributed by atoms with van der Waals surface area (Å²) in [4.78, 5) is 11.8. The lowest BCUT2D eigenvalue weighted by Crippen LogP contribution is -2.41. The van der Waals surface area contributed by atoms with Crippen LogP contribution < -0.4 is 5.32 Å². The normalized spacial score (nSPS) is 16.4. The quantitative estimate of drug-likeness (QED) is 0.734. The molecule has 1 aliphatic heterocycles. The predicted octanol–water partition coefficient (Wildman–Crippen LogP) is 2.50. The van der Waals surface area contributed by atoms with Crippen LogP contribution in [0.3, 0.4) is 0 Å². The number of hydrogen-bond acceptors (Lipinski definition) is 4. The molecule has 0 atom stereocenters. The highest BCUT2D eigenvalue weighted by Gasteiger charge is 2.23. The van der Waals surface area contributed by atoms with E-state index < -0.39 is 10.0 Å². The second-order valence-corrected chi connectivity index (χ2v) is 9.25. The summed E-state index contributed by atoms with van der Waals surface area (Å²) in [5.74, 6) is 1.19. The smallest absolute Gasteiger partial charge is 0.244 e. The third-order valence-corrected chi connectivity index (χ3v) is 6.95. The standard InChI is InChI=1S/C15H18Cl2N2O3S2/c16-13-3-1-12(11-14(13)17)2-4-15(20)18-5-10-24(21,22)19-6-8-23-9-7-19/h1-4,11H,5-10H2,(H,18,20)/b4-2+. The molecule has 2 rings (SSSR count). The van der Waals surface area contributed by atoms with Crippen LogP contribution in [0, 0.1) is 0 Å². The molecular weight excluding hydrogens is 391 g/mol. The Bertz CT molecular complexity index is 717. The first-order chi connectivity index (χ1) is 11.4. The van der Waals surface area contributed by atoms with Gasteiger partial charge in [-0.1, -0.05) is 29.3 Å². The third kappa shape index (κ3) is 5.97. The van der Waals surface area contributed by atoms with E-state index in [4.69, 9.17) is 23.2 Å². The number of sulfonamides is 1. The van der Waals surface area contributed by atoms with Crippen molar-refractivity contribution in [2.24, 2.45) is 0 Å². The number of nitrogens with one attached hydrogen (secondary N) is 1. The Hall–Kier alpha value is -0.730. The van der Waals surface area contributed by atoms with Gasteiger partial charge in [-0.15, -0.1) is 0 Å². The zero-order valence-corrected chi connectivity index (χ0v) is 16.0. The van der Waals surface area contributed by atoms with Crippen LogP contribution in [0.15, 0.2) is 24.3 Å². The summed E-state index contributed by atoms with van der Waals surface area (Å²) in [5, 5.41) is 3.43. The Labute approximate surface area is 156 Å². The summed E-state index contributed by atoms with van der Waals surface area (Å²) in [6, 6.07) is 5.02. The molecule has 5 nitrogen and oxygen atoms in total. The zero-order valence-electron chi connectivity index (χ0n) is 12.9. The fraction of sp³-hybridized carbons (Fsp3) is 0.400. The van der Waals surface area contributed by atoms with Gasteiger partial charge >= 0.3 is 0 Å². The van der Waals surface area contributed by atoms with Crippen LogP contribution in [0.5, 0.6) is 0 Å². The number of benzene rings is 1. The summed E-state index contributed by atoms with van der Waals surface area (Å²) < 4.78 is 25.8. The van der Waals surface area contributed by atoms with Gasteiger partial charge in [0.25, 0.3) is 0 Å². The number of amides is 1. The lowest BCUT2D eigenvalue weighted by molar-refractivity contribution is -0.116. The maximum Gasteiger partial charge on any atom is 0.244 e. The van der Waals surface area contributed by atoms with E-state index in [0.717, 1.165) is 17.1 Å². The molecule has 132 valence electrons. The summed E-state index contributed by atoms with van der Waals surface area (Å²) in [5.41, 5.74) is 0.734. The highest BCUT2D eigenvalue weighted by Crippen LogP contribution is 2.23. The Kier molecular flexibility index (Phi) is 7.43. The highest BCUT2D eigenvalue weighted by atomic mass is 35.5. The highest BCUT2D eigenvalue weighted by molar-refractivity contribution is 7.99. The summed E-state index contributed by atoms with van der Waals surface area (Å²) in [7, 11) is -3.31. The van der Waals surface area contributed by atoms with Crippen molar-refractivity contribution < 1.29 is 13.2 Å². The fourth-order valence-electron chi connectivity index (χ4n) is 2.10. The van der Waals surface area contributed by atoms with Crippen molar-refractivity contribution in [2.75, 3.05) is 36.9 Å². The number of carbonyl (C=O) groups is 1. The Morgan fingerprint density at radius 1 is 1.25 bits per heavy atom. The lowest BCUT2D eigenvalue weighted by Gasteiger charge is -2.25. The summed E-state index contributed by atoms with van der Waals surface area (Å²) in [6.45, 7) is 1.16. The number of halogens is 2. The first kappa shape index (κ1) is 19.6. The molecular formula is C15H18Cl2N2O3S2. The maximum atomic E-state index is 12.1. The van der Waals surface area contributed by atoms with E-state index >= 15 is 0 Å². The molecule has 0 aliphatic carbocycles. The molecule has 1 saturated heterocycles. The molecule has 1 aromatic carbocycles. The molecule has 1 aliphatic rings. The van der Waals surface area contributed by atoms with Crippen molar-refractivity contribution in [1.29, 1.82) is 0 Å². The minimum absolute atomic E-state index is 0.0799. The third-order valence-electron chi connectivity index (χ3n) is 3.39. The van der Waals surface area contributed by atoms with Crippen LogP contribution in [0.25, 0.3) is 6.08 Å². The number of hydrogen-bond donors (Lipinski definition) is 1. The molecule has 1 heterocycles. The molecule has 1 fully saturated rings. The van der Waals surface area contributed by atoms with Gasteiger partial charge in [-0.2, -0.15) is 11.8 Å². The molecule has 1 N–H and O–H groups in total. The second-order valence-electron chi connectivity index (χ2n) is 5.13. The number of nitrogens with zero attached hydrogens (tertiary/aromatic N) is 1. The molecule has 0 radical (unpaired) electrons. The van der Waals surface area contributed by atoms with E-state index in [-0.39, 0.29) is 18.2 Å². The number of thioether (sulfide) groups is 1. The van der Waals surface area contributed by atoms with Gasteiger partial charge in [0, 0.05) is 37.2 Å². The van der Waals surface area contributed by atoms with Gasteiger partial charge in [-0.3, -0.25) is 4.79 Å². The SMILES string of the molecule is O=C(/C=C/c1ccc(Cl)c(Cl)c1)NCCS(=O)(=O)N1CCSCC1. The average molecular weight is 409 g/mol. The average Bonchev–Trinajstić information content (AvgIpc) is 2.56. The van der Waals surface area contributed by atoms with Crippen LogP contribution in [-0.2, 0) is 14.8 Å². The minimum Gasteiger partial charge on any atom is -0.351 e. The Morgan fingerprint density at radius 2 is 1.96 bits per heavy atom. The summed E-state index contributed by atoms with van der Waals surface area (Å²) >= 11 is 13.5. The van der Waals surface area contributed by atoms with Gasteiger partial charge in [-0.25, -0.2) is 12.7 Å². The molecule has 24 heavy (non-hydrogen) atoms. The predicted molar refractivity (Wildman–Crippen MR) is 101 cm³/mol. The Balaban J connectivity index is 1.80. The van der Waals surface area contributed by atoms with Crippen molar-refractivity contribution >= 4 is 57.0 Å². The molecule has 1 aromatic rings. The van der Waals surface area contributed by atoms with Crippen LogP contribution in [-0.4, -0.2) is 55.5 Å². The van der Waals surface area contributed by atoms with Crippen molar-refractivity contribution in [3.8, 4) is 0 Å². The van der Waals surface area contributed by atoms with Gasteiger partial charge in [0.05, 0.1) is 15.8 Å². The van der Waals surface area contributed by atoms with Crippen LogP contribution >= 0.6 is 35.0 Å². The van der Waals surface area contributed by atoms with Gasteiger partial charge in [0.2, 0.25) is 15.9 Å². The minimum atomic E-state index is -3.31. The molecule has 0 bridgehead atoms. The molecule has 9 heteroatoms. The fourth-order valence-corrected chi connectivity index (χ4v) is 4.90. The van der Waals surface area contributed by atoms with Gasteiger partial charge in [0.15, 0.2) is 0 Å². The second kappa shape index (κ2) is 9.10. The topological polar surface area (TPSA) is 66.5 Å². The summed E-state index contributed by atoms with van der Waals surface area (Å²) in [6.07, 6.45) is 2.93. The number of carbonyl (C=O) groups excluding carboxylic acids is 1. The first-order valence-electron chi connectivity index (χ1n) is 7.35. The lowest BCUT2D eigenvalue weighted by atomic mass is 10.2.